The predicted octanol–water partition coefficient (Wildman–Crippen LogP) is 5.97. The molecule has 37 heavy (non-hydrogen) atoms. The minimum absolute atomic E-state index is 0.462. The first-order valence-electron chi connectivity index (χ1n) is 12.4. The number of esters is 1. The maximum atomic E-state index is 12.0. The van der Waals surface area contributed by atoms with Gasteiger partial charge in [0, 0.05) is 50.7 Å². The van der Waals surface area contributed by atoms with Gasteiger partial charge < -0.3 is 14.1 Å². The second-order valence-corrected chi connectivity index (χ2v) is 8.86. The Hall–Kier alpha value is -4.42. The summed E-state index contributed by atoms with van der Waals surface area (Å²) in [6, 6.07) is 29.8. The number of aliphatic imine (C=N–C) groups is 1. The summed E-state index contributed by atoms with van der Waals surface area (Å²) >= 11 is 0. The van der Waals surface area contributed by atoms with Crippen LogP contribution in [0.5, 0.6) is 5.75 Å². The highest BCUT2D eigenvalue weighted by Crippen LogP contribution is 2.22. The molecule has 0 saturated carbocycles. The molecule has 2 heterocycles. The fourth-order valence-electron chi connectivity index (χ4n) is 4.21. The summed E-state index contributed by atoms with van der Waals surface area (Å²) < 4.78 is 10.5. The first-order chi connectivity index (χ1) is 18.2. The lowest BCUT2D eigenvalue weighted by atomic mass is 10.2. The Kier molecular flexibility index (Phi) is 7.88. The summed E-state index contributed by atoms with van der Waals surface area (Å²) in [5, 5.41) is 0. The van der Waals surface area contributed by atoms with Gasteiger partial charge in [0.05, 0.1) is 12.0 Å². The van der Waals surface area contributed by atoms with Gasteiger partial charge in [0.15, 0.2) is 0 Å². The fraction of sp³-hybridized carbons (Fsp3) is 0.161. The van der Waals surface area contributed by atoms with E-state index in [0.29, 0.717) is 11.5 Å². The predicted molar refractivity (Wildman–Crippen MR) is 147 cm³/mol. The van der Waals surface area contributed by atoms with Crippen LogP contribution < -0.4 is 9.64 Å². The lowest BCUT2D eigenvalue weighted by molar-refractivity contribution is -0.128. The second-order valence-electron chi connectivity index (χ2n) is 8.86. The molecule has 0 aliphatic carbocycles. The molecule has 6 heteroatoms. The summed E-state index contributed by atoms with van der Waals surface area (Å²) in [7, 11) is 0. The Morgan fingerprint density at radius 2 is 1.62 bits per heavy atom. The van der Waals surface area contributed by atoms with E-state index in [1.54, 1.807) is 42.8 Å². The first-order valence-corrected chi connectivity index (χ1v) is 12.4. The molecular weight excluding hydrogens is 462 g/mol. The normalized spacial score (nSPS) is 14.4. The van der Waals surface area contributed by atoms with E-state index in [-0.39, 0.29) is 0 Å². The van der Waals surface area contributed by atoms with Crippen LogP contribution >= 0.6 is 0 Å². The molecule has 1 saturated heterocycles. The molecule has 0 bridgehead atoms. The lowest BCUT2D eigenvalue weighted by Gasteiger charge is -2.36. The largest absolute Gasteiger partial charge is 0.465 e. The van der Waals surface area contributed by atoms with Crippen molar-refractivity contribution in [3.63, 3.8) is 0 Å². The van der Waals surface area contributed by atoms with Crippen LogP contribution in [0.3, 0.4) is 0 Å². The van der Waals surface area contributed by atoms with Crippen LogP contribution in [-0.4, -0.2) is 43.3 Å². The highest BCUT2D eigenvalue weighted by molar-refractivity contribution is 5.88. The number of ether oxygens (including phenoxy) is 1. The molecular formula is C31H29N3O3. The van der Waals surface area contributed by atoms with Gasteiger partial charge in [-0.15, -0.1) is 0 Å². The SMILES string of the molecule is O=C(/C=C/c1ccco1)Oc1ccc(C=Nc2ccc(N3CCN(Cc4ccccc4)CC3)cc2)cc1. The zero-order valence-corrected chi connectivity index (χ0v) is 20.6. The van der Waals surface area contributed by atoms with Crippen molar-refractivity contribution in [2.75, 3.05) is 31.1 Å². The summed E-state index contributed by atoms with van der Waals surface area (Å²) in [6.45, 7) is 5.16. The van der Waals surface area contributed by atoms with Gasteiger partial charge in [0.25, 0.3) is 0 Å². The molecule has 1 aliphatic rings. The number of carbonyl (C=O) groups excluding carboxylic acids is 1. The van der Waals surface area contributed by atoms with Gasteiger partial charge in [-0.05, 0) is 77.9 Å². The van der Waals surface area contributed by atoms with Crippen LogP contribution in [0, 0.1) is 0 Å². The van der Waals surface area contributed by atoms with E-state index in [1.165, 1.54) is 17.3 Å². The number of benzene rings is 3. The molecule has 0 unspecified atom stereocenters. The Balaban J connectivity index is 1.09. The Morgan fingerprint density at radius 1 is 0.865 bits per heavy atom. The van der Waals surface area contributed by atoms with Crippen molar-refractivity contribution in [2.45, 2.75) is 6.54 Å². The van der Waals surface area contributed by atoms with Crippen molar-refractivity contribution in [1.82, 2.24) is 4.90 Å². The van der Waals surface area contributed by atoms with Crippen LogP contribution in [-0.2, 0) is 11.3 Å². The molecule has 5 rings (SSSR count). The van der Waals surface area contributed by atoms with Gasteiger partial charge in [0.1, 0.15) is 11.5 Å². The lowest BCUT2D eigenvalue weighted by Crippen LogP contribution is -2.45. The van der Waals surface area contributed by atoms with E-state index in [2.05, 4.69) is 57.3 Å². The number of rotatable bonds is 8. The molecule has 1 aromatic heterocycles. The Morgan fingerprint density at radius 3 is 2.32 bits per heavy atom. The van der Waals surface area contributed by atoms with Gasteiger partial charge in [-0.25, -0.2) is 4.79 Å². The molecule has 0 spiro atoms. The highest BCUT2D eigenvalue weighted by Gasteiger charge is 2.17. The maximum Gasteiger partial charge on any atom is 0.336 e. The standard InChI is InChI=1S/C31H29N3O3/c35-31(17-16-29-7-4-22-36-29)37-30-14-8-25(9-15-30)23-32-27-10-12-28(13-11-27)34-20-18-33(19-21-34)24-26-5-2-1-3-6-26/h1-17,22-23H,18-21,24H2/b17-16+,32-23?. The number of hydrogen-bond acceptors (Lipinski definition) is 6. The van der Waals surface area contributed by atoms with Gasteiger partial charge >= 0.3 is 5.97 Å². The molecule has 0 amide bonds. The van der Waals surface area contributed by atoms with Crippen molar-refractivity contribution in [3.05, 3.63) is 120 Å². The van der Waals surface area contributed by atoms with Crippen LogP contribution in [0.2, 0.25) is 0 Å². The van der Waals surface area contributed by atoms with Crippen molar-refractivity contribution in [3.8, 4) is 5.75 Å². The molecule has 6 nitrogen and oxygen atoms in total. The third kappa shape index (κ3) is 7.06. The fourth-order valence-corrected chi connectivity index (χ4v) is 4.21. The highest BCUT2D eigenvalue weighted by atomic mass is 16.5. The van der Waals surface area contributed by atoms with E-state index in [4.69, 9.17) is 9.15 Å². The molecule has 1 fully saturated rings. The van der Waals surface area contributed by atoms with Crippen LogP contribution in [0.1, 0.15) is 16.9 Å². The van der Waals surface area contributed by atoms with E-state index in [0.717, 1.165) is 44.0 Å². The number of furan rings is 1. The molecule has 0 radical (unpaired) electrons. The zero-order valence-electron chi connectivity index (χ0n) is 20.6. The monoisotopic (exact) mass is 491 g/mol. The smallest absolute Gasteiger partial charge is 0.336 e. The van der Waals surface area contributed by atoms with E-state index in [1.807, 2.05) is 24.3 Å². The van der Waals surface area contributed by atoms with Gasteiger partial charge in [-0.1, -0.05) is 30.3 Å². The average molecular weight is 492 g/mol. The van der Waals surface area contributed by atoms with E-state index < -0.39 is 5.97 Å². The van der Waals surface area contributed by atoms with Crippen molar-refractivity contribution in [2.24, 2.45) is 4.99 Å². The Bertz CT molecular complexity index is 1320. The Labute approximate surface area is 217 Å². The van der Waals surface area contributed by atoms with Crippen molar-refractivity contribution >= 4 is 29.6 Å². The third-order valence-corrected chi connectivity index (χ3v) is 6.22. The summed E-state index contributed by atoms with van der Waals surface area (Å²) in [6.07, 6.45) is 6.26. The van der Waals surface area contributed by atoms with Gasteiger partial charge in [-0.3, -0.25) is 9.89 Å². The third-order valence-electron chi connectivity index (χ3n) is 6.22. The van der Waals surface area contributed by atoms with Crippen LogP contribution in [0.15, 0.2) is 113 Å². The van der Waals surface area contributed by atoms with Crippen LogP contribution in [0.25, 0.3) is 6.08 Å². The number of carbonyl (C=O) groups is 1. The number of nitrogens with zero attached hydrogens (tertiary/aromatic N) is 3. The maximum absolute atomic E-state index is 12.0. The quantitative estimate of drug-likeness (QED) is 0.132. The topological polar surface area (TPSA) is 58.3 Å². The number of piperazine rings is 1. The molecule has 1 aliphatic heterocycles. The molecule has 3 aromatic carbocycles. The minimum atomic E-state index is -0.462. The van der Waals surface area contributed by atoms with E-state index in [9.17, 15) is 4.79 Å². The van der Waals surface area contributed by atoms with Gasteiger partial charge in [0.2, 0.25) is 0 Å². The first kappa shape index (κ1) is 24.3. The van der Waals surface area contributed by atoms with E-state index >= 15 is 0 Å². The molecule has 186 valence electrons. The molecule has 0 atom stereocenters. The van der Waals surface area contributed by atoms with Crippen molar-refractivity contribution < 1.29 is 13.9 Å². The average Bonchev–Trinajstić information content (AvgIpc) is 3.47. The van der Waals surface area contributed by atoms with Crippen molar-refractivity contribution in [1.29, 1.82) is 0 Å². The molecule has 4 aromatic rings. The summed E-state index contributed by atoms with van der Waals surface area (Å²) in [5.41, 5.74) is 4.41. The molecule has 0 N–H and O–H groups in total. The number of hydrogen-bond donors (Lipinski definition) is 0. The van der Waals surface area contributed by atoms with Gasteiger partial charge in [-0.2, -0.15) is 0 Å². The number of anilines is 1. The van der Waals surface area contributed by atoms with Crippen LogP contribution in [0.4, 0.5) is 11.4 Å². The minimum Gasteiger partial charge on any atom is -0.465 e. The zero-order chi connectivity index (χ0) is 25.3. The second kappa shape index (κ2) is 12.0. The summed E-state index contributed by atoms with van der Waals surface area (Å²) in [5.74, 6) is 0.605. The summed E-state index contributed by atoms with van der Waals surface area (Å²) in [4.78, 5) is 21.5.